The lowest BCUT2D eigenvalue weighted by Crippen LogP contribution is -2.54. The Morgan fingerprint density at radius 3 is 2.45 bits per heavy atom. The van der Waals surface area contributed by atoms with E-state index in [9.17, 15) is 4.79 Å². The summed E-state index contributed by atoms with van der Waals surface area (Å²) in [6.45, 7) is 3.84. The van der Waals surface area contributed by atoms with Gasteiger partial charge in [0.05, 0.1) is 0 Å². The van der Waals surface area contributed by atoms with Crippen LogP contribution in [0.5, 0.6) is 0 Å². The van der Waals surface area contributed by atoms with Crippen LogP contribution in [-0.2, 0) is 6.42 Å². The number of rotatable bonds is 9. The van der Waals surface area contributed by atoms with Gasteiger partial charge in [0.25, 0.3) is 5.91 Å². The summed E-state index contributed by atoms with van der Waals surface area (Å²) in [5.74, 6) is 0.845. The van der Waals surface area contributed by atoms with Gasteiger partial charge in [0, 0.05) is 51.4 Å². The molecule has 6 heteroatoms. The van der Waals surface area contributed by atoms with Crippen molar-refractivity contribution in [3.63, 3.8) is 0 Å². The number of hydrogen-bond donors (Lipinski definition) is 3. The predicted molar refractivity (Wildman–Crippen MR) is 137 cm³/mol. The highest BCUT2D eigenvalue weighted by molar-refractivity contribution is 5.94. The van der Waals surface area contributed by atoms with Crippen LogP contribution in [0.15, 0.2) is 59.6 Å². The fraction of sp³-hybridized carbons (Fsp3) is 0.481. The normalized spacial score (nSPS) is 16.3. The minimum atomic E-state index is 0.0291. The number of carbonyl (C=O) groups is 1. The summed E-state index contributed by atoms with van der Waals surface area (Å²) in [5, 5.41) is 10.9. The average molecular weight is 450 g/mol. The van der Waals surface area contributed by atoms with Crippen molar-refractivity contribution < 1.29 is 4.79 Å². The zero-order valence-electron chi connectivity index (χ0n) is 20.5. The standard InChI is InChI=1S/C27H39N5O/c1-21(23-12-6-5-7-13-23)31-27(16-8-9-17-27)20-30-26(28-2)29-18-15-22-11-10-14-24(19-22)25(33)32(3)4/h5-7,10-14,19,21,31H,8-9,15-18,20H2,1-4H3,(H2,28,29,30). The minimum Gasteiger partial charge on any atom is -0.356 e. The van der Waals surface area contributed by atoms with Crippen LogP contribution in [0.1, 0.15) is 60.1 Å². The molecule has 3 N–H and O–H groups in total. The highest BCUT2D eigenvalue weighted by atomic mass is 16.2. The Labute approximate surface area is 198 Å². The second-order valence-electron chi connectivity index (χ2n) is 9.27. The first kappa shape index (κ1) is 24.8. The Balaban J connectivity index is 1.52. The first-order chi connectivity index (χ1) is 15.9. The lowest BCUT2D eigenvalue weighted by Gasteiger charge is -2.35. The highest BCUT2D eigenvalue weighted by Gasteiger charge is 2.35. The van der Waals surface area contributed by atoms with Crippen LogP contribution in [0.25, 0.3) is 0 Å². The molecule has 0 aliphatic heterocycles. The van der Waals surface area contributed by atoms with E-state index in [1.807, 2.05) is 25.2 Å². The first-order valence-corrected chi connectivity index (χ1v) is 12.0. The molecule has 178 valence electrons. The number of benzene rings is 2. The van der Waals surface area contributed by atoms with Gasteiger partial charge in [0.1, 0.15) is 0 Å². The molecule has 2 aromatic rings. The van der Waals surface area contributed by atoms with Crippen LogP contribution in [0.4, 0.5) is 0 Å². The van der Waals surface area contributed by atoms with Crippen molar-refractivity contribution in [1.82, 2.24) is 20.9 Å². The van der Waals surface area contributed by atoms with Crippen LogP contribution >= 0.6 is 0 Å². The molecule has 1 aliphatic carbocycles. The number of guanidine groups is 1. The van der Waals surface area contributed by atoms with E-state index in [2.05, 4.69) is 64.3 Å². The van der Waals surface area contributed by atoms with Crippen LogP contribution in [0, 0.1) is 0 Å². The van der Waals surface area contributed by atoms with Crippen LogP contribution in [-0.4, -0.2) is 56.5 Å². The van der Waals surface area contributed by atoms with Crippen molar-refractivity contribution in [2.45, 2.75) is 50.6 Å². The van der Waals surface area contributed by atoms with Crippen molar-refractivity contribution >= 4 is 11.9 Å². The monoisotopic (exact) mass is 449 g/mol. The maximum absolute atomic E-state index is 12.2. The zero-order valence-corrected chi connectivity index (χ0v) is 20.5. The predicted octanol–water partition coefficient (Wildman–Crippen LogP) is 3.76. The quantitative estimate of drug-likeness (QED) is 0.403. The molecule has 1 unspecified atom stereocenters. The van der Waals surface area contributed by atoms with Gasteiger partial charge >= 0.3 is 0 Å². The molecule has 1 saturated carbocycles. The van der Waals surface area contributed by atoms with E-state index in [-0.39, 0.29) is 11.4 Å². The number of amides is 1. The summed E-state index contributed by atoms with van der Waals surface area (Å²) in [6, 6.07) is 18.8. The van der Waals surface area contributed by atoms with E-state index in [4.69, 9.17) is 0 Å². The van der Waals surface area contributed by atoms with Gasteiger partial charge in [-0.25, -0.2) is 0 Å². The van der Waals surface area contributed by atoms with E-state index in [0.717, 1.165) is 36.6 Å². The molecule has 33 heavy (non-hydrogen) atoms. The number of nitrogens with one attached hydrogen (secondary N) is 3. The van der Waals surface area contributed by atoms with Gasteiger partial charge in [-0.1, -0.05) is 55.3 Å². The lowest BCUT2D eigenvalue weighted by atomic mass is 9.94. The molecule has 1 atom stereocenters. The van der Waals surface area contributed by atoms with Crippen LogP contribution in [0.2, 0.25) is 0 Å². The molecule has 1 aliphatic rings. The summed E-state index contributed by atoms with van der Waals surface area (Å²) in [4.78, 5) is 18.2. The summed E-state index contributed by atoms with van der Waals surface area (Å²) < 4.78 is 0. The summed E-state index contributed by atoms with van der Waals surface area (Å²) in [5.41, 5.74) is 3.26. The van der Waals surface area contributed by atoms with Crippen molar-refractivity contribution in [3.05, 3.63) is 71.3 Å². The SMILES string of the molecule is CN=C(NCCc1cccc(C(=O)N(C)C)c1)NCC1(NC(C)c2ccccc2)CCCC1. The molecule has 0 aromatic heterocycles. The smallest absolute Gasteiger partial charge is 0.253 e. The Hall–Kier alpha value is -2.86. The first-order valence-electron chi connectivity index (χ1n) is 12.0. The van der Waals surface area contributed by atoms with Crippen molar-refractivity contribution in [1.29, 1.82) is 0 Å². The van der Waals surface area contributed by atoms with Crippen LogP contribution < -0.4 is 16.0 Å². The Kier molecular flexibility index (Phi) is 8.89. The Bertz CT molecular complexity index is 919. The number of hydrogen-bond acceptors (Lipinski definition) is 3. The fourth-order valence-electron chi connectivity index (χ4n) is 4.63. The lowest BCUT2D eigenvalue weighted by molar-refractivity contribution is 0.0827. The Morgan fingerprint density at radius 1 is 1.06 bits per heavy atom. The molecule has 0 bridgehead atoms. The second-order valence-corrected chi connectivity index (χ2v) is 9.27. The third-order valence-electron chi connectivity index (χ3n) is 6.49. The van der Waals surface area contributed by atoms with Crippen molar-refractivity contribution in [2.24, 2.45) is 4.99 Å². The second kappa shape index (κ2) is 11.8. The van der Waals surface area contributed by atoms with E-state index >= 15 is 0 Å². The van der Waals surface area contributed by atoms with E-state index < -0.39 is 0 Å². The molecule has 0 saturated heterocycles. The number of nitrogens with zero attached hydrogens (tertiary/aromatic N) is 2. The highest BCUT2D eigenvalue weighted by Crippen LogP contribution is 2.31. The molecule has 0 heterocycles. The van der Waals surface area contributed by atoms with E-state index in [0.29, 0.717) is 6.04 Å². The average Bonchev–Trinajstić information content (AvgIpc) is 3.29. The molecule has 2 aromatic carbocycles. The molecule has 0 spiro atoms. The van der Waals surface area contributed by atoms with Crippen molar-refractivity contribution in [2.75, 3.05) is 34.2 Å². The third-order valence-corrected chi connectivity index (χ3v) is 6.49. The Morgan fingerprint density at radius 2 is 1.79 bits per heavy atom. The molecule has 1 amide bonds. The largest absolute Gasteiger partial charge is 0.356 e. The number of aliphatic imine (C=N–C) groups is 1. The van der Waals surface area contributed by atoms with Gasteiger partial charge in [0.15, 0.2) is 5.96 Å². The van der Waals surface area contributed by atoms with Crippen LogP contribution in [0.3, 0.4) is 0 Å². The minimum absolute atomic E-state index is 0.0291. The van der Waals surface area contributed by atoms with Gasteiger partial charge in [0.2, 0.25) is 0 Å². The number of carbonyl (C=O) groups excluding carboxylic acids is 1. The maximum atomic E-state index is 12.2. The zero-order chi connectivity index (χ0) is 23.7. The summed E-state index contributed by atoms with van der Waals surface area (Å²) in [6.07, 6.45) is 5.67. The summed E-state index contributed by atoms with van der Waals surface area (Å²) in [7, 11) is 5.37. The van der Waals surface area contributed by atoms with Gasteiger partial charge in [-0.05, 0) is 49.4 Å². The molecule has 1 fully saturated rings. The molecular formula is C27H39N5O. The van der Waals surface area contributed by atoms with Crippen molar-refractivity contribution in [3.8, 4) is 0 Å². The fourth-order valence-corrected chi connectivity index (χ4v) is 4.63. The maximum Gasteiger partial charge on any atom is 0.253 e. The summed E-state index contributed by atoms with van der Waals surface area (Å²) >= 11 is 0. The van der Waals surface area contributed by atoms with Gasteiger partial charge in [-0.3, -0.25) is 9.79 Å². The van der Waals surface area contributed by atoms with E-state index in [1.165, 1.54) is 31.2 Å². The molecule has 0 radical (unpaired) electrons. The van der Waals surface area contributed by atoms with Gasteiger partial charge < -0.3 is 20.9 Å². The van der Waals surface area contributed by atoms with Gasteiger partial charge in [-0.15, -0.1) is 0 Å². The topological polar surface area (TPSA) is 68.8 Å². The third kappa shape index (κ3) is 7.06. The van der Waals surface area contributed by atoms with Gasteiger partial charge in [-0.2, -0.15) is 0 Å². The molecular weight excluding hydrogens is 410 g/mol. The van der Waals surface area contributed by atoms with E-state index in [1.54, 1.807) is 19.0 Å². The molecule has 3 rings (SSSR count). The molecule has 6 nitrogen and oxygen atoms in total.